The van der Waals surface area contributed by atoms with Crippen LogP contribution in [-0.4, -0.2) is 18.5 Å². The highest BCUT2D eigenvalue weighted by molar-refractivity contribution is 5.97. The summed E-state index contributed by atoms with van der Waals surface area (Å²) in [6, 6.07) is 0. The average molecular weight is 197 g/mol. The van der Waals surface area contributed by atoms with E-state index in [2.05, 4.69) is 5.32 Å². The predicted molar refractivity (Wildman–Crippen MR) is 51.3 cm³/mol. The van der Waals surface area contributed by atoms with Crippen LogP contribution < -0.4 is 5.32 Å². The molecule has 1 aliphatic heterocycles. The zero-order valence-electron chi connectivity index (χ0n) is 8.93. The molecule has 78 valence electrons. The molecule has 0 aliphatic carbocycles. The van der Waals surface area contributed by atoms with Gasteiger partial charge < -0.3 is 10.1 Å². The highest BCUT2D eigenvalue weighted by atomic mass is 16.5. The Morgan fingerprint density at radius 1 is 1.43 bits per heavy atom. The van der Waals surface area contributed by atoms with Crippen LogP contribution in [-0.2, 0) is 14.3 Å². The summed E-state index contributed by atoms with van der Waals surface area (Å²) < 4.78 is 4.76. The van der Waals surface area contributed by atoms with E-state index in [1.807, 2.05) is 0 Å². The lowest BCUT2D eigenvalue weighted by atomic mass is 9.95. The fourth-order valence-electron chi connectivity index (χ4n) is 0.951. The molecule has 0 radical (unpaired) electrons. The third kappa shape index (κ3) is 2.13. The van der Waals surface area contributed by atoms with Crippen molar-refractivity contribution in [3.63, 3.8) is 0 Å². The Hall–Kier alpha value is -1.32. The van der Waals surface area contributed by atoms with E-state index in [-0.39, 0.29) is 12.5 Å². The molecule has 4 heteroatoms. The monoisotopic (exact) mass is 197 g/mol. The largest absolute Gasteiger partial charge is 0.456 e. The van der Waals surface area contributed by atoms with Gasteiger partial charge in [0.25, 0.3) is 0 Å². The molecule has 0 saturated carbocycles. The fraction of sp³-hybridized carbons (Fsp3) is 0.600. The smallest absolute Gasteiger partial charge is 0.355 e. The lowest BCUT2D eigenvalue weighted by Gasteiger charge is -2.17. The molecule has 1 heterocycles. The second-order valence-electron chi connectivity index (χ2n) is 4.44. The summed E-state index contributed by atoms with van der Waals surface area (Å²) in [4.78, 5) is 22.7. The molecule has 0 atom stereocenters. The second-order valence-corrected chi connectivity index (χ2v) is 4.44. The van der Waals surface area contributed by atoms with E-state index >= 15 is 0 Å². The first-order chi connectivity index (χ1) is 6.32. The minimum Gasteiger partial charge on any atom is -0.456 e. The molecule has 1 rings (SSSR count). The van der Waals surface area contributed by atoms with Crippen LogP contribution in [0.5, 0.6) is 0 Å². The Kier molecular flexibility index (Phi) is 2.64. The van der Waals surface area contributed by atoms with Gasteiger partial charge in [-0.1, -0.05) is 20.8 Å². The van der Waals surface area contributed by atoms with E-state index in [4.69, 9.17) is 4.74 Å². The van der Waals surface area contributed by atoms with Gasteiger partial charge in [0.05, 0.1) is 0 Å². The van der Waals surface area contributed by atoms with Crippen molar-refractivity contribution in [2.45, 2.75) is 27.7 Å². The molecule has 14 heavy (non-hydrogen) atoms. The van der Waals surface area contributed by atoms with Crippen LogP contribution in [0.15, 0.2) is 11.3 Å². The molecule has 0 aromatic heterocycles. The minimum absolute atomic E-state index is 0.175. The van der Waals surface area contributed by atoms with Crippen LogP contribution in [0.3, 0.4) is 0 Å². The van der Waals surface area contributed by atoms with Crippen LogP contribution in [0, 0.1) is 5.41 Å². The van der Waals surface area contributed by atoms with E-state index in [9.17, 15) is 9.59 Å². The molecular weight excluding hydrogens is 182 g/mol. The Balaban J connectivity index is 2.75. The van der Waals surface area contributed by atoms with Gasteiger partial charge >= 0.3 is 5.97 Å². The Bertz CT molecular complexity index is 310. The van der Waals surface area contributed by atoms with Gasteiger partial charge in [0, 0.05) is 5.41 Å². The lowest BCUT2D eigenvalue weighted by molar-refractivity contribution is -0.138. The number of amides is 1. The van der Waals surface area contributed by atoms with E-state index < -0.39 is 11.4 Å². The van der Waals surface area contributed by atoms with Crippen molar-refractivity contribution in [1.82, 2.24) is 5.32 Å². The molecule has 0 spiro atoms. The van der Waals surface area contributed by atoms with Gasteiger partial charge in [0.1, 0.15) is 12.3 Å². The number of rotatable bonds is 1. The molecule has 1 N–H and O–H groups in total. The Morgan fingerprint density at radius 2 is 2.00 bits per heavy atom. The first-order valence-electron chi connectivity index (χ1n) is 4.50. The van der Waals surface area contributed by atoms with Gasteiger partial charge in [-0.2, -0.15) is 0 Å². The third-order valence-corrected chi connectivity index (χ3v) is 1.97. The van der Waals surface area contributed by atoms with Crippen molar-refractivity contribution in [3.8, 4) is 0 Å². The van der Waals surface area contributed by atoms with Gasteiger partial charge in [0.2, 0.25) is 5.91 Å². The van der Waals surface area contributed by atoms with Crippen molar-refractivity contribution in [1.29, 1.82) is 0 Å². The van der Waals surface area contributed by atoms with Crippen LogP contribution in [0.1, 0.15) is 27.7 Å². The number of cyclic esters (lactones) is 1. The average Bonchev–Trinajstić information content (AvgIpc) is 2.34. The highest BCUT2D eigenvalue weighted by Crippen LogP contribution is 2.17. The van der Waals surface area contributed by atoms with Gasteiger partial charge in [-0.05, 0) is 12.5 Å². The van der Waals surface area contributed by atoms with E-state index in [0.717, 1.165) is 5.57 Å². The van der Waals surface area contributed by atoms with E-state index in [1.165, 1.54) is 0 Å². The molecule has 0 fully saturated rings. The zero-order valence-corrected chi connectivity index (χ0v) is 8.93. The number of esters is 1. The first-order valence-corrected chi connectivity index (χ1v) is 4.50. The highest BCUT2D eigenvalue weighted by Gasteiger charge is 2.28. The van der Waals surface area contributed by atoms with Gasteiger partial charge in [-0.25, -0.2) is 4.79 Å². The van der Waals surface area contributed by atoms with Crippen molar-refractivity contribution in [2.24, 2.45) is 5.41 Å². The van der Waals surface area contributed by atoms with Gasteiger partial charge in [-0.15, -0.1) is 0 Å². The molecule has 4 nitrogen and oxygen atoms in total. The summed E-state index contributed by atoms with van der Waals surface area (Å²) >= 11 is 0. The van der Waals surface area contributed by atoms with Crippen molar-refractivity contribution < 1.29 is 14.3 Å². The lowest BCUT2D eigenvalue weighted by Crippen LogP contribution is -2.36. The molecule has 0 bridgehead atoms. The molecule has 1 aliphatic rings. The standard InChI is InChI=1S/C10H15NO3/c1-6-5-14-8(12)7(6)11-9(13)10(2,3)4/h5H2,1-4H3,(H,11,13). The number of hydrogen-bond donors (Lipinski definition) is 1. The summed E-state index contributed by atoms with van der Waals surface area (Å²) in [7, 11) is 0. The van der Waals surface area contributed by atoms with Crippen molar-refractivity contribution in [3.05, 3.63) is 11.3 Å². The number of carbonyl (C=O) groups is 2. The summed E-state index contributed by atoms with van der Waals surface area (Å²) in [5, 5.41) is 2.58. The number of carbonyl (C=O) groups excluding carboxylic acids is 2. The molecule has 0 saturated heterocycles. The van der Waals surface area contributed by atoms with Gasteiger partial charge in [0.15, 0.2) is 0 Å². The van der Waals surface area contributed by atoms with E-state index in [1.54, 1.807) is 27.7 Å². The quantitative estimate of drug-likeness (QED) is 0.637. The molecular formula is C10H15NO3. The second kappa shape index (κ2) is 3.44. The SMILES string of the molecule is CC1=C(NC(=O)C(C)(C)C)C(=O)OC1. The topological polar surface area (TPSA) is 55.4 Å². The number of hydrogen-bond acceptors (Lipinski definition) is 3. The molecule has 1 amide bonds. The van der Waals surface area contributed by atoms with Crippen molar-refractivity contribution in [2.75, 3.05) is 6.61 Å². The maximum absolute atomic E-state index is 11.6. The Labute approximate surface area is 83.3 Å². The van der Waals surface area contributed by atoms with Crippen LogP contribution in [0.2, 0.25) is 0 Å². The third-order valence-electron chi connectivity index (χ3n) is 1.97. The summed E-state index contributed by atoms with van der Waals surface area (Å²) in [5.41, 5.74) is 0.563. The zero-order chi connectivity index (χ0) is 10.9. The maximum atomic E-state index is 11.6. The Morgan fingerprint density at radius 3 is 2.36 bits per heavy atom. The summed E-state index contributed by atoms with van der Waals surface area (Å²) in [6.45, 7) is 7.41. The van der Waals surface area contributed by atoms with Crippen LogP contribution >= 0.6 is 0 Å². The molecule has 0 unspecified atom stereocenters. The molecule has 0 aromatic carbocycles. The van der Waals surface area contributed by atoms with E-state index in [0.29, 0.717) is 5.70 Å². The van der Waals surface area contributed by atoms with Crippen LogP contribution in [0.4, 0.5) is 0 Å². The predicted octanol–water partition coefficient (Wildman–Crippen LogP) is 0.980. The normalized spacial score (nSPS) is 17.0. The maximum Gasteiger partial charge on any atom is 0.355 e. The number of nitrogens with one attached hydrogen (secondary N) is 1. The molecule has 0 aromatic rings. The number of ether oxygens (including phenoxy) is 1. The van der Waals surface area contributed by atoms with Crippen molar-refractivity contribution >= 4 is 11.9 Å². The first kappa shape index (κ1) is 10.8. The minimum atomic E-state index is -0.504. The fourth-order valence-corrected chi connectivity index (χ4v) is 0.951. The van der Waals surface area contributed by atoms with Crippen LogP contribution in [0.25, 0.3) is 0 Å². The van der Waals surface area contributed by atoms with Gasteiger partial charge in [-0.3, -0.25) is 4.79 Å². The summed E-state index contributed by atoms with van der Waals surface area (Å²) in [5.74, 6) is -0.620. The summed E-state index contributed by atoms with van der Waals surface area (Å²) in [6.07, 6.45) is 0.